The average Bonchev–Trinajstić information content (AvgIpc) is 2.89. The molecule has 1 fully saturated rings. The molecular formula is C15H18FNO2. The Bertz CT molecular complexity index is 481. The van der Waals surface area contributed by atoms with Gasteiger partial charge in [0.15, 0.2) is 0 Å². The van der Waals surface area contributed by atoms with Crippen LogP contribution in [0.3, 0.4) is 0 Å². The Kier molecular flexibility index (Phi) is 4.32. The molecule has 3 nitrogen and oxygen atoms in total. The summed E-state index contributed by atoms with van der Waals surface area (Å²) in [6, 6.07) is 6.04. The van der Waals surface area contributed by atoms with Gasteiger partial charge in [0.1, 0.15) is 5.82 Å². The molecule has 4 heteroatoms. The Morgan fingerprint density at radius 2 is 2.16 bits per heavy atom. The molecule has 0 bridgehead atoms. The first-order valence-electron chi connectivity index (χ1n) is 6.44. The van der Waals surface area contributed by atoms with E-state index in [0.717, 1.165) is 12.0 Å². The molecule has 102 valence electrons. The molecule has 1 amide bonds. The Morgan fingerprint density at radius 1 is 1.47 bits per heavy atom. The SMILES string of the molecule is C/C(=C/c1ccc(F)cc1)C(=O)N1CCC(CO)C1. The number of rotatable bonds is 3. The van der Waals surface area contributed by atoms with Crippen LogP contribution in [0.25, 0.3) is 6.08 Å². The number of carbonyl (C=O) groups is 1. The molecule has 1 atom stereocenters. The van der Waals surface area contributed by atoms with Gasteiger partial charge in [-0.3, -0.25) is 4.79 Å². The molecule has 0 aliphatic carbocycles. The molecular weight excluding hydrogens is 245 g/mol. The molecule has 0 spiro atoms. The predicted molar refractivity (Wildman–Crippen MR) is 71.8 cm³/mol. The second-order valence-corrected chi connectivity index (χ2v) is 4.97. The molecule has 19 heavy (non-hydrogen) atoms. The molecule has 1 heterocycles. The molecule has 2 rings (SSSR count). The summed E-state index contributed by atoms with van der Waals surface area (Å²) in [5.41, 5.74) is 1.44. The van der Waals surface area contributed by atoms with Crippen molar-refractivity contribution in [1.29, 1.82) is 0 Å². The molecule has 1 saturated heterocycles. The molecule has 1 N–H and O–H groups in total. The van der Waals surface area contributed by atoms with Crippen LogP contribution in [0.2, 0.25) is 0 Å². The third kappa shape index (κ3) is 3.41. The molecule has 1 aliphatic rings. The number of amides is 1. The van der Waals surface area contributed by atoms with E-state index in [-0.39, 0.29) is 24.2 Å². The normalized spacial score (nSPS) is 19.8. The van der Waals surface area contributed by atoms with E-state index in [1.807, 2.05) is 0 Å². The summed E-state index contributed by atoms with van der Waals surface area (Å²) in [6.45, 7) is 3.20. The minimum absolute atomic E-state index is 0.0136. The van der Waals surface area contributed by atoms with Crippen molar-refractivity contribution in [2.45, 2.75) is 13.3 Å². The van der Waals surface area contributed by atoms with Crippen molar-refractivity contribution < 1.29 is 14.3 Å². The summed E-state index contributed by atoms with van der Waals surface area (Å²) in [6.07, 6.45) is 2.61. The fourth-order valence-corrected chi connectivity index (χ4v) is 2.29. The number of benzene rings is 1. The van der Waals surface area contributed by atoms with Crippen LogP contribution in [-0.4, -0.2) is 35.6 Å². The number of carbonyl (C=O) groups excluding carboxylic acids is 1. The predicted octanol–water partition coefficient (Wildman–Crippen LogP) is 2.07. The van der Waals surface area contributed by atoms with E-state index in [9.17, 15) is 9.18 Å². The van der Waals surface area contributed by atoms with Gasteiger partial charge < -0.3 is 10.0 Å². The lowest BCUT2D eigenvalue weighted by molar-refractivity contribution is -0.126. The van der Waals surface area contributed by atoms with E-state index >= 15 is 0 Å². The lowest BCUT2D eigenvalue weighted by atomic mass is 10.1. The molecule has 1 aromatic carbocycles. The number of aliphatic hydroxyl groups excluding tert-OH is 1. The third-order valence-electron chi connectivity index (χ3n) is 3.42. The first-order valence-corrected chi connectivity index (χ1v) is 6.44. The van der Waals surface area contributed by atoms with Crippen LogP contribution in [0.5, 0.6) is 0 Å². The zero-order valence-electron chi connectivity index (χ0n) is 11.0. The van der Waals surface area contributed by atoms with Gasteiger partial charge in [-0.15, -0.1) is 0 Å². The van der Waals surface area contributed by atoms with Gasteiger partial charge in [0, 0.05) is 31.2 Å². The fourth-order valence-electron chi connectivity index (χ4n) is 2.29. The van der Waals surface area contributed by atoms with E-state index in [2.05, 4.69) is 0 Å². The highest BCUT2D eigenvalue weighted by atomic mass is 19.1. The topological polar surface area (TPSA) is 40.5 Å². The summed E-state index contributed by atoms with van der Waals surface area (Å²) in [5, 5.41) is 9.08. The van der Waals surface area contributed by atoms with E-state index in [0.29, 0.717) is 18.7 Å². The second-order valence-electron chi connectivity index (χ2n) is 4.97. The summed E-state index contributed by atoms with van der Waals surface area (Å²) in [4.78, 5) is 13.9. The van der Waals surface area contributed by atoms with E-state index < -0.39 is 0 Å². The third-order valence-corrected chi connectivity index (χ3v) is 3.42. The van der Waals surface area contributed by atoms with Crippen molar-refractivity contribution in [3.63, 3.8) is 0 Å². The van der Waals surface area contributed by atoms with Crippen molar-refractivity contribution in [1.82, 2.24) is 4.90 Å². The lowest BCUT2D eigenvalue weighted by Crippen LogP contribution is -2.29. The van der Waals surface area contributed by atoms with Crippen LogP contribution in [-0.2, 0) is 4.79 Å². The number of hydrogen-bond donors (Lipinski definition) is 1. The number of nitrogens with zero attached hydrogens (tertiary/aromatic N) is 1. The smallest absolute Gasteiger partial charge is 0.249 e. The molecule has 1 aromatic rings. The zero-order valence-corrected chi connectivity index (χ0v) is 11.0. The number of likely N-dealkylation sites (tertiary alicyclic amines) is 1. The van der Waals surface area contributed by atoms with Gasteiger partial charge in [-0.25, -0.2) is 4.39 Å². The minimum Gasteiger partial charge on any atom is -0.396 e. The van der Waals surface area contributed by atoms with Gasteiger partial charge in [0.05, 0.1) is 0 Å². The number of aliphatic hydroxyl groups is 1. The standard InChI is InChI=1S/C15H18FNO2/c1-11(8-12-2-4-14(16)5-3-12)15(19)17-7-6-13(9-17)10-18/h2-5,8,13,18H,6-7,9-10H2,1H3/b11-8-. The number of halogens is 1. The van der Waals surface area contributed by atoms with Crippen LogP contribution < -0.4 is 0 Å². The largest absolute Gasteiger partial charge is 0.396 e. The van der Waals surface area contributed by atoms with Crippen LogP contribution in [0, 0.1) is 11.7 Å². The van der Waals surface area contributed by atoms with Crippen molar-refractivity contribution in [3.8, 4) is 0 Å². The Balaban J connectivity index is 2.04. The van der Waals surface area contributed by atoms with Crippen LogP contribution in [0.15, 0.2) is 29.8 Å². The van der Waals surface area contributed by atoms with E-state index in [1.165, 1.54) is 12.1 Å². The maximum absolute atomic E-state index is 12.8. The summed E-state index contributed by atoms with van der Waals surface area (Å²) < 4.78 is 12.8. The monoisotopic (exact) mass is 263 g/mol. The van der Waals surface area contributed by atoms with Crippen molar-refractivity contribution in [2.75, 3.05) is 19.7 Å². The minimum atomic E-state index is -0.286. The average molecular weight is 263 g/mol. The van der Waals surface area contributed by atoms with E-state index in [1.54, 1.807) is 30.0 Å². The first-order chi connectivity index (χ1) is 9.10. The van der Waals surface area contributed by atoms with Crippen molar-refractivity contribution in [2.24, 2.45) is 5.92 Å². The first kappa shape index (κ1) is 13.7. The highest BCUT2D eigenvalue weighted by Crippen LogP contribution is 2.18. The summed E-state index contributed by atoms with van der Waals surface area (Å²) >= 11 is 0. The van der Waals surface area contributed by atoms with Crippen LogP contribution in [0.4, 0.5) is 4.39 Å². The van der Waals surface area contributed by atoms with Crippen molar-refractivity contribution in [3.05, 3.63) is 41.2 Å². The molecule has 0 aromatic heterocycles. The van der Waals surface area contributed by atoms with Gasteiger partial charge in [-0.05, 0) is 37.1 Å². The maximum Gasteiger partial charge on any atom is 0.249 e. The molecule has 0 saturated carbocycles. The highest BCUT2D eigenvalue weighted by Gasteiger charge is 2.26. The molecule has 0 radical (unpaired) electrons. The Morgan fingerprint density at radius 3 is 2.74 bits per heavy atom. The fraction of sp³-hybridized carbons (Fsp3) is 0.400. The van der Waals surface area contributed by atoms with Crippen LogP contribution in [0.1, 0.15) is 18.9 Å². The quantitative estimate of drug-likeness (QED) is 0.848. The molecule has 1 unspecified atom stereocenters. The van der Waals surface area contributed by atoms with E-state index in [4.69, 9.17) is 5.11 Å². The second kappa shape index (κ2) is 5.97. The van der Waals surface area contributed by atoms with Crippen LogP contribution >= 0.6 is 0 Å². The lowest BCUT2D eigenvalue weighted by Gasteiger charge is -2.16. The Labute approximate surface area is 112 Å². The zero-order chi connectivity index (χ0) is 13.8. The van der Waals surface area contributed by atoms with Gasteiger partial charge in [0.2, 0.25) is 5.91 Å². The number of hydrogen-bond acceptors (Lipinski definition) is 2. The van der Waals surface area contributed by atoms with Gasteiger partial charge in [-0.1, -0.05) is 12.1 Å². The van der Waals surface area contributed by atoms with Crippen molar-refractivity contribution >= 4 is 12.0 Å². The Hall–Kier alpha value is -1.68. The van der Waals surface area contributed by atoms with Gasteiger partial charge >= 0.3 is 0 Å². The van der Waals surface area contributed by atoms with Gasteiger partial charge in [0.25, 0.3) is 0 Å². The molecule has 1 aliphatic heterocycles. The van der Waals surface area contributed by atoms with Gasteiger partial charge in [-0.2, -0.15) is 0 Å². The maximum atomic E-state index is 12.8. The summed E-state index contributed by atoms with van der Waals surface area (Å²) in [5.74, 6) is -0.102. The highest BCUT2D eigenvalue weighted by molar-refractivity contribution is 5.97. The summed E-state index contributed by atoms with van der Waals surface area (Å²) in [7, 11) is 0.